The molecule has 0 atom stereocenters. The van der Waals surface area contributed by atoms with Crippen molar-refractivity contribution in [2.24, 2.45) is 0 Å². The van der Waals surface area contributed by atoms with E-state index in [2.05, 4.69) is 16.7 Å². The normalized spacial score (nSPS) is 10.1. The first-order valence-electron chi connectivity index (χ1n) is 8.04. The summed E-state index contributed by atoms with van der Waals surface area (Å²) in [6.07, 6.45) is -0.0968. The van der Waals surface area contributed by atoms with Crippen LogP contribution in [0, 0.1) is 6.92 Å². The standard InChI is InChI=1S/C19H22N2O4/c1-14-3-2-4-16(11-14)13-25-17-7-5-15(6-8-17)12-21-19(24)20-10-9-18(22)23/h2-8,11H,9-10,12-13H2,1H3,(H,22,23)(H2,20,21,24). The number of urea groups is 1. The van der Waals surface area contributed by atoms with Crippen LogP contribution in [-0.4, -0.2) is 23.7 Å². The lowest BCUT2D eigenvalue weighted by Crippen LogP contribution is -2.36. The summed E-state index contributed by atoms with van der Waals surface area (Å²) in [6.45, 7) is 3.01. The zero-order chi connectivity index (χ0) is 18.1. The van der Waals surface area contributed by atoms with Crippen LogP contribution in [-0.2, 0) is 17.9 Å². The quantitative estimate of drug-likeness (QED) is 0.688. The van der Waals surface area contributed by atoms with Gasteiger partial charge in [-0.15, -0.1) is 0 Å². The molecular formula is C19H22N2O4. The van der Waals surface area contributed by atoms with Crippen molar-refractivity contribution in [3.8, 4) is 5.75 Å². The van der Waals surface area contributed by atoms with E-state index in [0.29, 0.717) is 13.2 Å². The number of benzene rings is 2. The second kappa shape index (κ2) is 9.32. The molecule has 2 aromatic rings. The number of rotatable bonds is 8. The minimum atomic E-state index is -0.943. The number of carbonyl (C=O) groups excluding carboxylic acids is 1. The lowest BCUT2D eigenvalue weighted by molar-refractivity contribution is -0.136. The number of ether oxygens (including phenoxy) is 1. The summed E-state index contributed by atoms with van der Waals surface area (Å²) in [4.78, 5) is 21.9. The van der Waals surface area contributed by atoms with E-state index in [1.165, 1.54) is 5.56 Å². The number of aliphatic carboxylic acids is 1. The zero-order valence-corrected chi connectivity index (χ0v) is 14.1. The van der Waals surface area contributed by atoms with Gasteiger partial charge in [0.2, 0.25) is 0 Å². The van der Waals surface area contributed by atoms with Gasteiger partial charge in [-0.1, -0.05) is 42.0 Å². The molecule has 0 spiro atoms. The Labute approximate surface area is 146 Å². The molecule has 0 aromatic heterocycles. The van der Waals surface area contributed by atoms with Gasteiger partial charge in [0.05, 0.1) is 6.42 Å². The van der Waals surface area contributed by atoms with Gasteiger partial charge in [-0.25, -0.2) is 4.79 Å². The number of carboxylic acid groups (broad SMARTS) is 1. The Bertz CT molecular complexity index is 714. The molecule has 6 nitrogen and oxygen atoms in total. The smallest absolute Gasteiger partial charge is 0.315 e. The summed E-state index contributed by atoms with van der Waals surface area (Å²) in [5.74, 6) is -0.183. The van der Waals surface area contributed by atoms with Crippen LogP contribution in [0.3, 0.4) is 0 Å². The van der Waals surface area contributed by atoms with Crippen molar-refractivity contribution in [1.29, 1.82) is 0 Å². The van der Waals surface area contributed by atoms with E-state index in [9.17, 15) is 9.59 Å². The summed E-state index contributed by atoms with van der Waals surface area (Å²) in [7, 11) is 0. The molecular weight excluding hydrogens is 320 g/mol. The average molecular weight is 342 g/mol. The molecule has 0 aliphatic rings. The highest BCUT2D eigenvalue weighted by molar-refractivity contribution is 5.74. The predicted octanol–water partition coefficient (Wildman–Crippen LogP) is 2.85. The van der Waals surface area contributed by atoms with Crippen LogP contribution in [0.1, 0.15) is 23.1 Å². The maximum Gasteiger partial charge on any atom is 0.315 e. The van der Waals surface area contributed by atoms with Gasteiger partial charge in [0.15, 0.2) is 0 Å². The third kappa shape index (κ3) is 6.95. The second-order valence-electron chi connectivity index (χ2n) is 5.67. The predicted molar refractivity (Wildman–Crippen MR) is 94.4 cm³/mol. The van der Waals surface area contributed by atoms with Crippen LogP contribution in [0.25, 0.3) is 0 Å². The molecule has 2 aromatic carbocycles. The summed E-state index contributed by atoms with van der Waals surface area (Å²) >= 11 is 0. The van der Waals surface area contributed by atoms with Crippen LogP contribution in [0.4, 0.5) is 4.79 Å². The molecule has 0 bridgehead atoms. The molecule has 0 aliphatic carbocycles. The molecule has 25 heavy (non-hydrogen) atoms. The van der Waals surface area contributed by atoms with Crippen molar-refractivity contribution >= 4 is 12.0 Å². The fourth-order valence-corrected chi connectivity index (χ4v) is 2.20. The summed E-state index contributed by atoms with van der Waals surface area (Å²) in [5.41, 5.74) is 3.24. The average Bonchev–Trinajstić information content (AvgIpc) is 2.59. The molecule has 2 rings (SSSR count). The van der Waals surface area contributed by atoms with E-state index in [-0.39, 0.29) is 19.0 Å². The van der Waals surface area contributed by atoms with Crippen molar-refractivity contribution in [3.63, 3.8) is 0 Å². The highest BCUT2D eigenvalue weighted by Crippen LogP contribution is 2.14. The third-order valence-electron chi connectivity index (χ3n) is 3.49. The first-order chi connectivity index (χ1) is 12.0. The SMILES string of the molecule is Cc1cccc(COc2ccc(CNC(=O)NCCC(=O)O)cc2)c1. The minimum absolute atomic E-state index is 0.0968. The molecule has 0 heterocycles. The second-order valence-corrected chi connectivity index (χ2v) is 5.67. The zero-order valence-electron chi connectivity index (χ0n) is 14.1. The highest BCUT2D eigenvalue weighted by atomic mass is 16.5. The maximum absolute atomic E-state index is 11.5. The first kappa shape index (κ1) is 18.3. The molecule has 0 aliphatic heterocycles. The Morgan fingerprint density at radius 3 is 2.48 bits per heavy atom. The van der Waals surface area contributed by atoms with E-state index in [4.69, 9.17) is 9.84 Å². The maximum atomic E-state index is 11.5. The number of carboxylic acids is 1. The third-order valence-corrected chi connectivity index (χ3v) is 3.49. The summed E-state index contributed by atoms with van der Waals surface area (Å²) < 4.78 is 5.75. The Hall–Kier alpha value is -3.02. The Kier molecular flexibility index (Phi) is 6.83. The molecule has 6 heteroatoms. The first-order valence-corrected chi connectivity index (χ1v) is 8.04. The highest BCUT2D eigenvalue weighted by Gasteiger charge is 2.03. The van der Waals surface area contributed by atoms with E-state index in [0.717, 1.165) is 16.9 Å². The Morgan fingerprint density at radius 1 is 1.04 bits per heavy atom. The molecule has 0 unspecified atom stereocenters. The van der Waals surface area contributed by atoms with Crippen molar-refractivity contribution in [1.82, 2.24) is 10.6 Å². The van der Waals surface area contributed by atoms with Gasteiger partial charge in [0, 0.05) is 13.1 Å². The van der Waals surface area contributed by atoms with Crippen molar-refractivity contribution in [2.45, 2.75) is 26.5 Å². The number of nitrogens with one attached hydrogen (secondary N) is 2. The van der Waals surface area contributed by atoms with Crippen LogP contribution in [0.15, 0.2) is 48.5 Å². The fraction of sp³-hybridized carbons (Fsp3) is 0.263. The van der Waals surface area contributed by atoms with E-state index in [1.807, 2.05) is 49.4 Å². The number of aryl methyl sites for hydroxylation is 1. The van der Waals surface area contributed by atoms with Crippen molar-refractivity contribution in [3.05, 3.63) is 65.2 Å². The van der Waals surface area contributed by atoms with Gasteiger partial charge >= 0.3 is 12.0 Å². The van der Waals surface area contributed by atoms with E-state index in [1.54, 1.807) is 0 Å². The number of hydrogen-bond donors (Lipinski definition) is 3. The summed E-state index contributed by atoms with van der Waals surface area (Å²) in [6, 6.07) is 15.2. The van der Waals surface area contributed by atoms with Gasteiger partial charge in [-0.05, 0) is 30.2 Å². The lowest BCUT2D eigenvalue weighted by Gasteiger charge is -2.09. The lowest BCUT2D eigenvalue weighted by atomic mass is 10.1. The molecule has 132 valence electrons. The van der Waals surface area contributed by atoms with E-state index < -0.39 is 5.97 Å². The van der Waals surface area contributed by atoms with Crippen LogP contribution in [0.2, 0.25) is 0 Å². The fourth-order valence-electron chi connectivity index (χ4n) is 2.20. The van der Waals surface area contributed by atoms with Gasteiger partial charge < -0.3 is 20.5 Å². The summed E-state index contributed by atoms with van der Waals surface area (Å²) in [5, 5.41) is 13.7. The van der Waals surface area contributed by atoms with Crippen LogP contribution in [0.5, 0.6) is 5.75 Å². The largest absolute Gasteiger partial charge is 0.489 e. The molecule has 0 radical (unpaired) electrons. The van der Waals surface area contributed by atoms with E-state index >= 15 is 0 Å². The number of carbonyl (C=O) groups is 2. The van der Waals surface area contributed by atoms with Gasteiger partial charge in [0.1, 0.15) is 12.4 Å². The molecule has 0 saturated carbocycles. The van der Waals surface area contributed by atoms with Crippen LogP contribution >= 0.6 is 0 Å². The Balaban J connectivity index is 1.74. The number of amides is 2. The van der Waals surface area contributed by atoms with Gasteiger partial charge in [0.25, 0.3) is 0 Å². The monoisotopic (exact) mass is 342 g/mol. The molecule has 2 amide bonds. The van der Waals surface area contributed by atoms with Gasteiger partial charge in [-0.3, -0.25) is 4.79 Å². The molecule has 0 fully saturated rings. The molecule has 3 N–H and O–H groups in total. The number of hydrogen-bond acceptors (Lipinski definition) is 3. The molecule has 0 saturated heterocycles. The minimum Gasteiger partial charge on any atom is -0.489 e. The van der Waals surface area contributed by atoms with Crippen molar-refractivity contribution < 1.29 is 19.4 Å². The van der Waals surface area contributed by atoms with Crippen molar-refractivity contribution in [2.75, 3.05) is 6.54 Å². The van der Waals surface area contributed by atoms with Crippen LogP contribution < -0.4 is 15.4 Å². The van der Waals surface area contributed by atoms with Gasteiger partial charge in [-0.2, -0.15) is 0 Å². The topological polar surface area (TPSA) is 87.7 Å². The Morgan fingerprint density at radius 2 is 1.80 bits per heavy atom.